The van der Waals surface area contributed by atoms with Crippen LogP contribution in [-0.4, -0.2) is 33.5 Å². The number of nitrogens with one attached hydrogen (secondary N) is 1. The third-order valence-corrected chi connectivity index (χ3v) is 6.54. The average Bonchev–Trinajstić information content (AvgIpc) is 3.50. The zero-order valence-corrected chi connectivity index (χ0v) is 21.2. The molecule has 35 heavy (non-hydrogen) atoms. The summed E-state index contributed by atoms with van der Waals surface area (Å²) in [6.07, 6.45) is 1.61. The van der Waals surface area contributed by atoms with Crippen LogP contribution in [0.1, 0.15) is 22.7 Å². The van der Waals surface area contributed by atoms with E-state index in [0.29, 0.717) is 34.0 Å². The lowest BCUT2D eigenvalue weighted by molar-refractivity contribution is -0.113. The molecule has 0 unspecified atom stereocenters. The van der Waals surface area contributed by atoms with Crippen molar-refractivity contribution < 1.29 is 18.7 Å². The van der Waals surface area contributed by atoms with Gasteiger partial charge >= 0.3 is 0 Å². The molecule has 0 aliphatic heterocycles. The summed E-state index contributed by atoms with van der Waals surface area (Å²) in [4.78, 5) is 12.7. The standard InChI is InChI=1S/C25H25ClN4O4S/c1-16-6-8-18(9-7-16)34-14-23-28-29-25(30(23)13-19-5-4-10-33-19)35-15-24(31)27-21-11-17(2)20(26)12-22(21)32-3/h4-12H,13-15H2,1-3H3,(H,27,31). The van der Waals surface area contributed by atoms with Crippen LogP contribution in [-0.2, 0) is 17.9 Å². The second-order valence-electron chi connectivity index (χ2n) is 7.80. The highest BCUT2D eigenvalue weighted by molar-refractivity contribution is 7.99. The molecule has 182 valence electrons. The summed E-state index contributed by atoms with van der Waals surface area (Å²) in [5.74, 6) is 2.52. The Bertz CT molecular complexity index is 1290. The Morgan fingerprint density at radius 1 is 1.17 bits per heavy atom. The number of amides is 1. The maximum atomic E-state index is 12.7. The van der Waals surface area contributed by atoms with Crippen LogP contribution in [0.4, 0.5) is 5.69 Å². The number of anilines is 1. The van der Waals surface area contributed by atoms with Crippen LogP contribution in [0.15, 0.2) is 64.4 Å². The Balaban J connectivity index is 1.46. The molecule has 1 N–H and O–H groups in total. The van der Waals surface area contributed by atoms with Gasteiger partial charge in [0, 0.05) is 11.1 Å². The summed E-state index contributed by atoms with van der Waals surface area (Å²) in [7, 11) is 1.53. The molecule has 0 atom stereocenters. The zero-order valence-electron chi connectivity index (χ0n) is 19.6. The number of halogens is 1. The highest BCUT2D eigenvalue weighted by Crippen LogP contribution is 2.31. The van der Waals surface area contributed by atoms with Crippen molar-refractivity contribution in [1.29, 1.82) is 0 Å². The van der Waals surface area contributed by atoms with Gasteiger partial charge in [-0.05, 0) is 49.7 Å². The summed E-state index contributed by atoms with van der Waals surface area (Å²) in [5.41, 5.74) is 2.55. The largest absolute Gasteiger partial charge is 0.495 e. The highest BCUT2D eigenvalue weighted by atomic mass is 35.5. The Kier molecular flexibility index (Phi) is 7.99. The van der Waals surface area contributed by atoms with Gasteiger partial charge in [0.1, 0.15) is 23.9 Å². The number of carbonyl (C=O) groups excluding carboxylic acids is 1. The SMILES string of the molecule is COc1cc(Cl)c(C)cc1NC(=O)CSc1nnc(COc2ccc(C)cc2)n1Cc1ccco1. The normalized spacial score (nSPS) is 10.9. The fraction of sp³-hybridized carbons (Fsp3) is 0.240. The second-order valence-corrected chi connectivity index (χ2v) is 9.15. The first-order chi connectivity index (χ1) is 16.9. The highest BCUT2D eigenvalue weighted by Gasteiger charge is 2.17. The van der Waals surface area contributed by atoms with Gasteiger partial charge in [0.25, 0.3) is 0 Å². The van der Waals surface area contributed by atoms with E-state index in [0.717, 1.165) is 22.6 Å². The summed E-state index contributed by atoms with van der Waals surface area (Å²) in [6.45, 7) is 4.53. The molecule has 4 aromatic rings. The smallest absolute Gasteiger partial charge is 0.234 e. The minimum absolute atomic E-state index is 0.125. The predicted molar refractivity (Wildman–Crippen MR) is 135 cm³/mol. The monoisotopic (exact) mass is 512 g/mol. The first-order valence-electron chi connectivity index (χ1n) is 10.8. The third-order valence-electron chi connectivity index (χ3n) is 5.16. The molecule has 0 aliphatic rings. The number of hydrogen-bond donors (Lipinski definition) is 1. The van der Waals surface area contributed by atoms with Crippen LogP contribution in [0.2, 0.25) is 5.02 Å². The van der Waals surface area contributed by atoms with Crippen molar-refractivity contribution in [3.05, 3.63) is 82.5 Å². The van der Waals surface area contributed by atoms with Crippen molar-refractivity contribution in [2.24, 2.45) is 0 Å². The summed E-state index contributed by atoms with van der Waals surface area (Å²) in [5, 5.41) is 12.6. The van der Waals surface area contributed by atoms with Crippen molar-refractivity contribution in [2.45, 2.75) is 32.2 Å². The molecule has 1 amide bonds. The predicted octanol–water partition coefficient (Wildman–Crippen LogP) is 5.51. The lowest BCUT2D eigenvalue weighted by Crippen LogP contribution is -2.16. The number of thioether (sulfide) groups is 1. The van der Waals surface area contributed by atoms with Gasteiger partial charge in [0.05, 0.1) is 31.4 Å². The number of furan rings is 1. The molecule has 0 saturated carbocycles. The number of aromatic nitrogens is 3. The summed E-state index contributed by atoms with van der Waals surface area (Å²) in [6, 6.07) is 15.0. The minimum atomic E-state index is -0.208. The van der Waals surface area contributed by atoms with Gasteiger partial charge in [-0.3, -0.25) is 9.36 Å². The molecule has 0 fully saturated rings. The van der Waals surface area contributed by atoms with Crippen LogP contribution < -0.4 is 14.8 Å². The Labute approximate surface area is 212 Å². The van der Waals surface area contributed by atoms with E-state index in [1.54, 1.807) is 18.4 Å². The molecule has 2 heterocycles. The number of carbonyl (C=O) groups is 1. The molecule has 2 aromatic heterocycles. The molecule has 8 nitrogen and oxygen atoms in total. The topological polar surface area (TPSA) is 91.4 Å². The number of hydrogen-bond acceptors (Lipinski definition) is 7. The minimum Gasteiger partial charge on any atom is -0.495 e. The fourth-order valence-corrected chi connectivity index (χ4v) is 4.19. The molecular weight excluding hydrogens is 488 g/mol. The van der Waals surface area contributed by atoms with Crippen LogP contribution in [0.5, 0.6) is 11.5 Å². The van der Waals surface area contributed by atoms with Gasteiger partial charge in [-0.1, -0.05) is 41.1 Å². The molecular formula is C25H25ClN4O4S. The molecule has 10 heteroatoms. The summed E-state index contributed by atoms with van der Waals surface area (Å²) < 4.78 is 18.6. The molecule has 2 aromatic carbocycles. The Morgan fingerprint density at radius 2 is 1.97 bits per heavy atom. The van der Waals surface area contributed by atoms with Crippen molar-refractivity contribution in [2.75, 3.05) is 18.2 Å². The Hall–Kier alpha value is -3.43. The van der Waals surface area contributed by atoms with E-state index in [1.165, 1.54) is 18.9 Å². The number of benzene rings is 2. The number of rotatable bonds is 10. The van der Waals surface area contributed by atoms with Gasteiger partial charge in [-0.25, -0.2) is 0 Å². The van der Waals surface area contributed by atoms with E-state index < -0.39 is 0 Å². The maximum Gasteiger partial charge on any atom is 0.234 e. The van der Waals surface area contributed by atoms with Gasteiger partial charge < -0.3 is 19.2 Å². The van der Waals surface area contributed by atoms with Crippen molar-refractivity contribution in [1.82, 2.24) is 14.8 Å². The molecule has 0 saturated heterocycles. The van der Waals surface area contributed by atoms with E-state index in [9.17, 15) is 4.79 Å². The number of methoxy groups -OCH3 is 1. The van der Waals surface area contributed by atoms with Gasteiger partial charge in [0.2, 0.25) is 5.91 Å². The van der Waals surface area contributed by atoms with Gasteiger partial charge in [0.15, 0.2) is 11.0 Å². The first kappa shape index (κ1) is 24.7. The quantitative estimate of drug-likeness (QED) is 0.280. The van der Waals surface area contributed by atoms with E-state index in [4.69, 9.17) is 25.5 Å². The maximum absolute atomic E-state index is 12.7. The van der Waals surface area contributed by atoms with E-state index in [1.807, 2.05) is 54.8 Å². The lowest BCUT2D eigenvalue weighted by Gasteiger charge is -2.12. The second kappa shape index (κ2) is 11.3. The van der Waals surface area contributed by atoms with Gasteiger partial charge in [-0.2, -0.15) is 0 Å². The van der Waals surface area contributed by atoms with Crippen molar-refractivity contribution in [3.8, 4) is 11.5 Å². The van der Waals surface area contributed by atoms with Crippen LogP contribution in [0.3, 0.4) is 0 Å². The molecule has 4 rings (SSSR count). The molecule has 0 aliphatic carbocycles. The van der Waals surface area contributed by atoms with Crippen LogP contribution >= 0.6 is 23.4 Å². The summed E-state index contributed by atoms with van der Waals surface area (Å²) >= 11 is 7.43. The first-order valence-corrected chi connectivity index (χ1v) is 12.2. The van der Waals surface area contributed by atoms with Crippen LogP contribution in [0, 0.1) is 13.8 Å². The van der Waals surface area contributed by atoms with Crippen molar-refractivity contribution in [3.63, 3.8) is 0 Å². The molecule has 0 radical (unpaired) electrons. The number of nitrogens with zero attached hydrogens (tertiary/aromatic N) is 3. The van der Waals surface area contributed by atoms with Gasteiger partial charge in [-0.15, -0.1) is 10.2 Å². The fourth-order valence-electron chi connectivity index (χ4n) is 3.28. The van der Waals surface area contributed by atoms with E-state index in [-0.39, 0.29) is 18.3 Å². The number of aryl methyl sites for hydroxylation is 2. The van der Waals surface area contributed by atoms with Crippen molar-refractivity contribution >= 4 is 35.0 Å². The lowest BCUT2D eigenvalue weighted by atomic mass is 10.2. The van der Waals surface area contributed by atoms with E-state index >= 15 is 0 Å². The Morgan fingerprint density at radius 3 is 2.69 bits per heavy atom. The van der Waals surface area contributed by atoms with Crippen LogP contribution in [0.25, 0.3) is 0 Å². The molecule has 0 spiro atoms. The average molecular weight is 513 g/mol. The third kappa shape index (κ3) is 6.37. The zero-order chi connectivity index (χ0) is 24.8. The van der Waals surface area contributed by atoms with E-state index in [2.05, 4.69) is 15.5 Å². The molecule has 0 bridgehead atoms. The number of ether oxygens (including phenoxy) is 2.